The second-order valence-electron chi connectivity index (χ2n) is 13.2. The summed E-state index contributed by atoms with van der Waals surface area (Å²) in [4.78, 5) is 41.6. The molecule has 12 heteroatoms. The molecule has 9 nitrogen and oxygen atoms in total. The third-order valence-electron chi connectivity index (χ3n) is 9.11. The number of hydrogen-bond acceptors (Lipinski definition) is 7. The van der Waals surface area contributed by atoms with E-state index in [2.05, 4.69) is 15.5 Å². The second-order valence-corrected chi connectivity index (χ2v) is 13.2. The van der Waals surface area contributed by atoms with Crippen LogP contribution in [0.15, 0.2) is 12.1 Å². The molecule has 1 unspecified atom stereocenters. The van der Waals surface area contributed by atoms with E-state index in [1.807, 2.05) is 35.7 Å². The predicted molar refractivity (Wildman–Crippen MR) is 155 cm³/mol. The molecular weight excluding hydrogens is 493 g/mol. The maximum absolute atomic E-state index is 13.4. The topological polar surface area (TPSA) is 100 Å². The molecule has 1 atom stereocenters. The lowest BCUT2D eigenvalue weighted by atomic mass is 9.52. The smallest absolute Gasteiger partial charge is 0.255 e. The summed E-state index contributed by atoms with van der Waals surface area (Å²) in [5.74, 6) is -0.0914. The molecule has 1 aliphatic carbocycles. The van der Waals surface area contributed by atoms with Gasteiger partial charge in [-0.3, -0.25) is 19.7 Å². The van der Waals surface area contributed by atoms with Crippen molar-refractivity contribution in [2.24, 2.45) is 5.41 Å². The monoisotopic (exact) mass is 532 g/mol. The number of hydrogen-bond donors (Lipinski definition) is 2. The molecule has 3 saturated heterocycles. The quantitative estimate of drug-likeness (QED) is 0.353. The van der Waals surface area contributed by atoms with Crippen molar-refractivity contribution in [3.05, 3.63) is 23.3 Å². The molecule has 1 saturated carbocycles. The van der Waals surface area contributed by atoms with Gasteiger partial charge in [0.1, 0.15) is 35.3 Å². The number of fused-ring (bicyclic) bond motifs is 1. The van der Waals surface area contributed by atoms with Crippen LogP contribution in [0.4, 0.5) is 5.69 Å². The molecule has 39 heavy (non-hydrogen) atoms. The molecular formula is C27H39B3N4O5. The fourth-order valence-electron chi connectivity index (χ4n) is 7.06. The Hall–Kier alpha value is -2.46. The molecule has 0 aromatic heterocycles. The molecule has 6 rings (SSSR count). The Labute approximate surface area is 233 Å². The van der Waals surface area contributed by atoms with Crippen LogP contribution in [0.25, 0.3) is 0 Å². The predicted octanol–water partition coefficient (Wildman–Crippen LogP) is -1.15. The van der Waals surface area contributed by atoms with Crippen LogP contribution in [0.5, 0.6) is 5.75 Å². The van der Waals surface area contributed by atoms with Gasteiger partial charge in [-0.1, -0.05) is 0 Å². The van der Waals surface area contributed by atoms with E-state index in [4.69, 9.17) is 9.47 Å². The zero-order valence-electron chi connectivity index (χ0n) is 23.5. The van der Waals surface area contributed by atoms with E-state index in [-0.39, 0.29) is 18.2 Å². The number of rotatable bonds is 6. The SMILES string of the molecule is BC(B)(B)Oc1c(N2CC3(CCC(OC4CCNCC4)CC3)C2)ccc2c1CN(C1CCC(=O)NC1=O)C2=O. The van der Waals surface area contributed by atoms with Crippen molar-refractivity contribution < 1.29 is 23.9 Å². The molecule has 0 bridgehead atoms. The van der Waals surface area contributed by atoms with Gasteiger partial charge in [-0.25, -0.2) is 0 Å². The van der Waals surface area contributed by atoms with Gasteiger partial charge >= 0.3 is 0 Å². The molecule has 0 radical (unpaired) electrons. The first-order valence-corrected chi connectivity index (χ1v) is 14.7. The van der Waals surface area contributed by atoms with Crippen LogP contribution >= 0.6 is 0 Å². The van der Waals surface area contributed by atoms with E-state index in [9.17, 15) is 14.4 Å². The van der Waals surface area contributed by atoms with Gasteiger partial charge in [0.05, 0.1) is 24.4 Å². The van der Waals surface area contributed by atoms with Gasteiger partial charge in [0, 0.05) is 41.4 Å². The number of nitrogens with one attached hydrogen (secondary N) is 2. The molecule has 4 heterocycles. The number of ether oxygens (including phenoxy) is 2. The summed E-state index contributed by atoms with van der Waals surface area (Å²) in [6, 6.07) is 3.27. The van der Waals surface area contributed by atoms with E-state index in [0.29, 0.717) is 36.2 Å². The van der Waals surface area contributed by atoms with Crippen molar-refractivity contribution in [3.8, 4) is 5.75 Å². The summed E-state index contributed by atoms with van der Waals surface area (Å²) in [6.07, 6.45) is 8.25. The summed E-state index contributed by atoms with van der Waals surface area (Å²) in [6.45, 7) is 4.41. The fraction of sp³-hybridized carbons (Fsp3) is 0.667. The molecule has 1 aromatic rings. The molecule has 3 amide bonds. The van der Waals surface area contributed by atoms with Crippen molar-refractivity contribution in [3.63, 3.8) is 0 Å². The highest BCUT2D eigenvalue weighted by Crippen LogP contribution is 2.50. The fourth-order valence-corrected chi connectivity index (χ4v) is 7.06. The Morgan fingerprint density at radius 2 is 1.64 bits per heavy atom. The largest absolute Gasteiger partial charge is 0.511 e. The lowest BCUT2D eigenvalue weighted by Crippen LogP contribution is -2.58. The average Bonchev–Trinajstić information content (AvgIpc) is 3.20. The first kappa shape index (κ1) is 26.8. The van der Waals surface area contributed by atoms with Gasteiger partial charge in [0.2, 0.25) is 11.8 Å². The first-order valence-electron chi connectivity index (χ1n) is 14.7. The van der Waals surface area contributed by atoms with Crippen LogP contribution in [0.2, 0.25) is 0 Å². The maximum Gasteiger partial charge on any atom is 0.255 e. The average molecular weight is 532 g/mol. The summed E-state index contributed by atoms with van der Waals surface area (Å²) in [5, 5.41) is 5.36. The zero-order chi connectivity index (χ0) is 27.4. The van der Waals surface area contributed by atoms with Crippen LogP contribution in [-0.4, -0.2) is 95.9 Å². The van der Waals surface area contributed by atoms with Crippen molar-refractivity contribution in [1.29, 1.82) is 0 Å². The van der Waals surface area contributed by atoms with Crippen LogP contribution in [0.1, 0.15) is 67.3 Å². The van der Waals surface area contributed by atoms with Gasteiger partial charge in [-0.2, -0.15) is 0 Å². The van der Waals surface area contributed by atoms with Gasteiger partial charge in [-0.05, 0) is 70.2 Å². The first-order chi connectivity index (χ1) is 18.6. The lowest BCUT2D eigenvalue weighted by Gasteiger charge is -2.55. The Balaban J connectivity index is 1.16. The number of piperidine rings is 2. The number of benzene rings is 1. The number of nitrogens with zero attached hydrogens (tertiary/aromatic N) is 2. The molecule has 4 fully saturated rings. The number of carbonyl (C=O) groups is 3. The molecule has 2 N–H and O–H groups in total. The minimum Gasteiger partial charge on any atom is -0.511 e. The summed E-state index contributed by atoms with van der Waals surface area (Å²) in [5.41, 5.74) is 2.78. The van der Waals surface area contributed by atoms with E-state index in [1.54, 1.807) is 4.90 Å². The number of carbonyl (C=O) groups excluding carboxylic acids is 3. The molecule has 5 aliphatic rings. The van der Waals surface area contributed by atoms with Gasteiger partial charge in [0.25, 0.3) is 5.91 Å². The lowest BCUT2D eigenvalue weighted by molar-refractivity contribution is -0.136. The van der Waals surface area contributed by atoms with Crippen molar-refractivity contribution >= 4 is 46.9 Å². The Kier molecular flexibility index (Phi) is 6.98. The number of anilines is 1. The van der Waals surface area contributed by atoms with Crippen molar-refractivity contribution in [2.45, 2.75) is 81.5 Å². The highest BCUT2D eigenvalue weighted by atomic mass is 16.5. The van der Waals surface area contributed by atoms with Gasteiger partial charge in [0.15, 0.2) is 0 Å². The maximum atomic E-state index is 13.4. The number of imide groups is 1. The number of amides is 3. The van der Waals surface area contributed by atoms with E-state index in [1.165, 1.54) is 12.8 Å². The third-order valence-corrected chi connectivity index (χ3v) is 9.11. The Bertz CT molecular complexity index is 1150. The minimum absolute atomic E-state index is 0.169. The van der Waals surface area contributed by atoms with E-state index >= 15 is 0 Å². The minimum atomic E-state index is -0.636. The molecule has 206 valence electrons. The van der Waals surface area contributed by atoms with Crippen LogP contribution in [0.3, 0.4) is 0 Å². The van der Waals surface area contributed by atoms with Gasteiger partial charge in [-0.15, -0.1) is 0 Å². The highest BCUT2D eigenvalue weighted by molar-refractivity contribution is 6.58. The van der Waals surface area contributed by atoms with E-state index in [0.717, 1.165) is 68.9 Å². The summed E-state index contributed by atoms with van der Waals surface area (Å²) in [7, 11) is 6.06. The van der Waals surface area contributed by atoms with Crippen molar-refractivity contribution in [2.75, 3.05) is 31.1 Å². The van der Waals surface area contributed by atoms with Crippen LogP contribution in [-0.2, 0) is 20.9 Å². The summed E-state index contributed by atoms with van der Waals surface area (Å²) < 4.78 is 13.0. The Morgan fingerprint density at radius 3 is 2.31 bits per heavy atom. The summed E-state index contributed by atoms with van der Waals surface area (Å²) >= 11 is 0. The van der Waals surface area contributed by atoms with E-state index < -0.39 is 17.2 Å². The normalized spacial score (nSPS) is 25.9. The second kappa shape index (κ2) is 10.2. The Morgan fingerprint density at radius 1 is 0.949 bits per heavy atom. The third kappa shape index (κ3) is 5.34. The highest BCUT2D eigenvalue weighted by Gasteiger charge is 2.48. The van der Waals surface area contributed by atoms with Crippen LogP contribution in [0, 0.1) is 5.41 Å². The van der Waals surface area contributed by atoms with Crippen molar-refractivity contribution in [1.82, 2.24) is 15.5 Å². The zero-order valence-corrected chi connectivity index (χ0v) is 23.5. The molecule has 1 aromatic carbocycles. The standard InChI is InChI=1S/C27H39B3N4O5/c28-27(29,30)39-23-19-13-34(21-3-4-22(35)32-24(21)36)25(37)18(19)1-2-20(23)33-14-26(15-33)9-5-16(6-10-26)38-17-7-11-31-12-8-17/h1-2,16-17,21,31H,3-15,28-30H2,(H,32,35,36). The molecule has 4 aliphatic heterocycles. The van der Waals surface area contributed by atoms with Crippen LogP contribution < -0.4 is 20.3 Å². The molecule has 1 spiro atoms. The van der Waals surface area contributed by atoms with Gasteiger partial charge < -0.3 is 24.6 Å².